The van der Waals surface area contributed by atoms with Crippen LogP contribution in [-0.2, 0) is 4.79 Å². The SMILES string of the molecule is CC1=NN(c2nc(-c3ccc(Br)cc3)cs2)C(=O)[C@H]1N=Nc1c(C)cc(C)cc1C. The molecule has 152 valence electrons. The molecule has 4 rings (SSSR count). The van der Waals surface area contributed by atoms with E-state index in [1.54, 1.807) is 6.92 Å². The van der Waals surface area contributed by atoms with Gasteiger partial charge in [-0.15, -0.1) is 11.3 Å². The number of anilines is 1. The average Bonchev–Trinajstić information content (AvgIpc) is 3.27. The number of nitrogens with zero attached hydrogens (tertiary/aromatic N) is 5. The van der Waals surface area contributed by atoms with E-state index >= 15 is 0 Å². The maximum Gasteiger partial charge on any atom is 0.282 e. The van der Waals surface area contributed by atoms with Gasteiger partial charge in [-0.05, 0) is 51.0 Å². The lowest BCUT2D eigenvalue weighted by molar-refractivity contribution is -0.117. The quantitative estimate of drug-likeness (QED) is 0.405. The Morgan fingerprint density at radius 1 is 1.07 bits per heavy atom. The van der Waals surface area contributed by atoms with Gasteiger partial charge in [-0.25, -0.2) is 4.98 Å². The summed E-state index contributed by atoms with van der Waals surface area (Å²) in [6.45, 7) is 7.83. The zero-order chi connectivity index (χ0) is 21.4. The van der Waals surface area contributed by atoms with Crippen LogP contribution < -0.4 is 5.01 Å². The summed E-state index contributed by atoms with van der Waals surface area (Å²) in [5, 5.41) is 16.9. The molecule has 2 heterocycles. The fourth-order valence-corrected chi connectivity index (χ4v) is 4.44. The minimum Gasteiger partial charge on any atom is -0.269 e. The number of thiazole rings is 1. The van der Waals surface area contributed by atoms with Gasteiger partial charge in [-0.1, -0.05) is 45.8 Å². The molecule has 0 unspecified atom stereocenters. The third kappa shape index (κ3) is 3.97. The average molecular weight is 482 g/mol. The molecule has 0 fully saturated rings. The Labute approximate surface area is 187 Å². The highest BCUT2D eigenvalue weighted by Gasteiger charge is 2.36. The third-order valence-corrected chi connectivity index (χ3v) is 6.16. The van der Waals surface area contributed by atoms with E-state index in [0.717, 1.165) is 32.5 Å². The van der Waals surface area contributed by atoms with Crippen molar-refractivity contribution < 1.29 is 4.79 Å². The van der Waals surface area contributed by atoms with Crippen molar-refractivity contribution in [3.05, 3.63) is 62.9 Å². The van der Waals surface area contributed by atoms with Gasteiger partial charge in [0.25, 0.3) is 5.91 Å². The van der Waals surface area contributed by atoms with Crippen LogP contribution in [0.5, 0.6) is 0 Å². The van der Waals surface area contributed by atoms with E-state index in [9.17, 15) is 4.79 Å². The molecule has 1 aromatic heterocycles. The van der Waals surface area contributed by atoms with E-state index in [1.165, 1.54) is 21.9 Å². The molecule has 8 heteroatoms. The topological polar surface area (TPSA) is 70.3 Å². The first-order valence-electron chi connectivity index (χ1n) is 9.42. The molecule has 0 radical (unpaired) electrons. The first kappa shape index (κ1) is 20.6. The Morgan fingerprint density at radius 2 is 1.73 bits per heavy atom. The van der Waals surface area contributed by atoms with Crippen molar-refractivity contribution in [1.29, 1.82) is 0 Å². The molecule has 3 aromatic rings. The normalized spacial score (nSPS) is 16.6. The number of azo groups is 1. The minimum absolute atomic E-state index is 0.240. The Morgan fingerprint density at radius 3 is 2.40 bits per heavy atom. The maximum absolute atomic E-state index is 13.0. The second-order valence-electron chi connectivity index (χ2n) is 7.28. The standard InChI is InChI=1S/C22H20BrN5OS/c1-12-9-13(2)19(14(3)10-12)25-26-20-15(4)27-28(21(20)29)22-24-18(11-30-22)16-5-7-17(23)8-6-16/h5-11,20H,1-4H3/t20-/m0/s1. The molecule has 6 nitrogen and oxygen atoms in total. The predicted octanol–water partition coefficient (Wildman–Crippen LogP) is 6.37. The van der Waals surface area contributed by atoms with Gasteiger partial charge < -0.3 is 0 Å². The molecule has 2 aromatic carbocycles. The molecule has 0 aliphatic carbocycles. The van der Waals surface area contributed by atoms with Crippen molar-refractivity contribution in [3.63, 3.8) is 0 Å². The zero-order valence-electron chi connectivity index (χ0n) is 17.0. The predicted molar refractivity (Wildman–Crippen MR) is 125 cm³/mol. The molecule has 1 atom stereocenters. The van der Waals surface area contributed by atoms with Gasteiger partial charge in [-0.3, -0.25) is 4.79 Å². The number of carbonyl (C=O) groups is 1. The van der Waals surface area contributed by atoms with Crippen LogP contribution in [0.2, 0.25) is 0 Å². The van der Waals surface area contributed by atoms with Crippen molar-refractivity contribution in [2.45, 2.75) is 33.7 Å². The van der Waals surface area contributed by atoms with Crippen molar-refractivity contribution in [3.8, 4) is 11.3 Å². The molecule has 0 saturated carbocycles. The summed E-state index contributed by atoms with van der Waals surface area (Å²) in [5.41, 5.74) is 6.43. The minimum atomic E-state index is -0.731. The number of rotatable bonds is 4. The van der Waals surface area contributed by atoms with E-state index in [1.807, 2.05) is 50.4 Å². The summed E-state index contributed by atoms with van der Waals surface area (Å²) in [6.07, 6.45) is 0. The second-order valence-corrected chi connectivity index (χ2v) is 9.03. The van der Waals surface area contributed by atoms with E-state index < -0.39 is 6.04 Å². The van der Waals surface area contributed by atoms with E-state index in [2.05, 4.69) is 48.4 Å². The summed E-state index contributed by atoms with van der Waals surface area (Å²) in [4.78, 5) is 17.6. The van der Waals surface area contributed by atoms with Crippen LogP contribution in [0.3, 0.4) is 0 Å². The van der Waals surface area contributed by atoms with Crippen LogP contribution in [0, 0.1) is 20.8 Å². The Hall–Kier alpha value is -2.71. The van der Waals surface area contributed by atoms with E-state index in [-0.39, 0.29) is 5.91 Å². The van der Waals surface area contributed by atoms with Gasteiger partial charge in [0.15, 0.2) is 6.04 Å². The second kappa shape index (κ2) is 8.20. The van der Waals surface area contributed by atoms with Crippen LogP contribution in [0.15, 0.2) is 61.6 Å². The fourth-order valence-electron chi connectivity index (χ4n) is 3.39. The number of hydrazone groups is 1. The highest BCUT2D eigenvalue weighted by molar-refractivity contribution is 9.10. The molecule has 1 aliphatic rings. The van der Waals surface area contributed by atoms with Crippen LogP contribution in [0.25, 0.3) is 11.3 Å². The Kier molecular flexibility index (Phi) is 5.62. The monoisotopic (exact) mass is 481 g/mol. The third-order valence-electron chi connectivity index (χ3n) is 4.82. The van der Waals surface area contributed by atoms with Crippen LogP contribution in [0.1, 0.15) is 23.6 Å². The summed E-state index contributed by atoms with van der Waals surface area (Å²) in [6, 6.07) is 11.3. The van der Waals surface area contributed by atoms with Crippen molar-refractivity contribution >= 4 is 49.7 Å². The highest BCUT2D eigenvalue weighted by Crippen LogP contribution is 2.32. The Bertz CT molecular complexity index is 1160. The van der Waals surface area contributed by atoms with Crippen molar-refractivity contribution in [2.24, 2.45) is 15.3 Å². The van der Waals surface area contributed by atoms with E-state index in [0.29, 0.717) is 10.8 Å². The maximum atomic E-state index is 13.0. The first-order valence-corrected chi connectivity index (χ1v) is 11.1. The van der Waals surface area contributed by atoms with Gasteiger partial charge in [0.1, 0.15) is 0 Å². The molecular weight excluding hydrogens is 462 g/mol. The lowest BCUT2D eigenvalue weighted by atomic mass is 10.1. The molecule has 1 aliphatic heterocycles. The van der Waals surface area contributed by atoms with Crippen LogP contribution in [-0.4, -0.2) is 22.6 Å². The number of aryl methyl sites for hydroxylation is 3. The summed E-state index contributed by atoms with van der Waals surface area (Å²) in [5.74, 6) is -0.240. The smallest absolute Gasteiger partial charge is 0.269 e. The molecule has 0 N–H and O–H groups in total. The molecular formula is C22H20BrN5OS. The van der Waals surface area contributed by atoms with Crippen molar-refractivity contribution in [2.75, 3.05) is 5.01 Å². The lowest BCUT2D eigenvalue weighted by Gasteiger charge is -2.09. The number of carbonyl (C=O) groups excluding carboxylic acids is 1. The number of benzene rings is 2. The molecule has 1 amide bonds. The number of hydrogen-bond donors (Lipinski definition) is 0. The van der Waals surface area contributed by atoms with Gasteiger partial charge >= 0.3 is 0 Å². The van der Waals surface area contributed by atoms with Gasteiger partial charge in [0.2, 0.25) is 5.13 Å². The van der Waals surface area contributed by atoms with E-state index in [4.69, 9.17) is 0 Å². The van der Waals surface area contributed by atoms with Gasteiger partial charge in [-0.2, -0.15) is 20.3 Å². The largest absolute Gasteiger partial charge is 0.282 e. The lowest BCUT2D eigenvalue weighted by Crippen LogP contribution is -2.29. The fraction of sp³-hybridized carbons (Fsp3) is 0.227. The van der Waals surface area contributed by atoms with Crippen molar-refractivity contribution in [1.82, 2.24) is 4.98 Å². The zero-order valence-corrected chi connectivity index (χ0v) is 19.5. The molecule has 30 heavy (non-hydrogen) atoms. The highest BCUT2D eigenvalue weighted by atomic mass is 79.9. The molecule has 0 spiro atoms. The number of aromatic nitrogens is 1. The van der Waals surface area contributed by atoms with Crippen LogP contribution in [0.4, 0.5) is 10.8 Å². The van der Waals surface area contributed by atoms with Gasteiger partial charge in [0, 0.05) is 15.4 Å². The number of hydrogen-bond acceptors (Lipinski definition) is 6. The first-order chi connectivity index (χ1) is 14.3. The summed E-state index contributed by atoms with van der Waals surface area (Å²) < 4.78 is 1.00. The Balaban J connectivity index is 1.56. The summed E-state index contributed by atoms with van der Waals surface area (Å²) in [7, 11) is 0. The van der Waals surface area contributed by atoms with Crippen LogP contribution >= 0.6 is 27.3 Å². The number of halogens is 1. The van der Waals surface area contributed by atoms with Gasteiger partial charge in [0.05, 0.1) is 17.1 Å². The summed E-state index contributed by atoms with van der Waals surface area (Å²) >= 11 is 4.81. The molecule has 0 bridgehead atoms. The molecule has 0 saturated heterocycles. The number of amides is 1.